The molecule has 156 valence electrons. The highest BCUT2D eigenvalue weighted by Gasteiger charge is 2.48. The number of hydrogen-bond acceptors (Lipinski definition) is 4. The standard InChI is InChI=1S/C24H17F2NO4/c1-13-12-14(10-11-16(13)25)22(29)20-21(15-6-2-3-7-17(15)26)27(24(31)23(20)30)18-8-4-5-9-19(18)28/h2-12,21,28-29H,1H3/b22-20+. The second kappa shape index (κ2) is 7.68. The lowest BCUT2D eigenvalue weighted by Crippen LogP contribution is -2.29. The van der Waals surface area contributed by atoms with Crippen LogP contribution in [0.25, 0.3) is 5.76 Å². The smallest absolute Gasteiger partial charge is 0.300 e. The van der Waals surface area contributed by atoms with E-state index in [1.807, 2.05) is 0 Å². The molecular formula is C24H17F2NO4. The van der Waals surface area contributed by atoms with Crippen LogP contribution in [0.3, 0.4) is 0 Å². The number of ketones is 1. The Bertz CT molecular complexity index is 1250. The normalized spacial score (nSPS) is 17.9. The van der Waals surface area contributed by atoms with Crippen molar-refractivity contribution in [2.75, 3.05) is 4.90 Å². The third-order valence-electron chi connectivity index (χ3n) is 5.22. The maximum absolute atomic E-state index is 14.8. The molecule has 0 aromatic heterocycles. The maximum atomic E-state index is 14.8. The van der Waals surface area contributed by atoms with Crippen LogP contribution in [0.5, 0.6) is 5.75 Å². The molecule has 5 nitrogen and oxygen atoms in total. The van der Waals surface area contributed by atoms with Crippen molar-refractivity contribution in [2.24, 2.45) is 0 Å². The van der Waals surface area contributed by atoms with Crippen LogP contribution in [0, 0.1) is 18.6 Å². The summed E-state index contributed by atoms with van der Waals surface area (Å²) in [6, 6.07) is 13.8. The predicted molar refractivity (Wildman–Crippen MR) is 110 cm³/mol. The number of carbonyl (C=O) groups is 2. The van der Waals surface area contributed by atoms with Gasteiger partial charge in [-0.05, 0) is 48.9 Å². The fourth-order valence-electron chi connectivity index (χ4n) is 3.69. The number of aryl methyl sites for hydroxylation is 1. The molecule has 2 N–H and O–H groups in total. The highest BCUT2D eigenvalue weighted by molar-refractivity contribution is 6.51. The Kier molecular flexibility index (Phi) is 5.02. The number of amides is 1. The number of anilines is 1. The summed E-state index contributed by atoms with van der Waals surface area (Å²) in [6.07, 6.45) is 0. The molecule has 1 fully saturated rings. The van der Waals surface area contributed by atoms with Gasteiger partial charge in [-0.3, -0.25) is 14.5 Å². The second-order valence-corrected chi connectivity index (χ2v) is 7.14. The van der Waals surface area contributed by atoms with Gasteiger partial charge in [0.15, 0.2) is 0 Å². The number of nitrogens with zero attached hydrogens (tertiary/aromatic N) is 1. The Balaban J connectivity index is 2.00. The van der Waals surface area contributed by atoms with E-state index in [0.29, 0.717) is 0 Å². The number of halogens is 2. The molecule has 3 aromatic rings. The summed E-state index contributed by atoms with van der Waals surface area (Å²) >= 11 is 0. The van der Waals surface area contributed by atoms with Gasteiger partial charge in [0.25, 0.3) is 11.7 Å². The first kappa shape index (κ1) is 20.3. The number of hydrogen-bond donors (Lipinski definition) is 2. The first-order valence-electron chi connectivity index (χ1n) is 9.41. The quantitative estimate of drug-likeness (QED) is 0.368. The van der Waals surface area contributed by atoms with Crippen LogP contribution < -0.4 is 4.90 Å². The molecule has 1 aliphatic rings. The van der Waals surface area contributed by atoms with E-state index < -0.39 is 35.1 Å². The predicted octanol–water partition coefficient (Wildman–Crippen LogP) is 4.61. The lowest BCUT2D eigenvalue weighted by atomic mass is 9.94. The first-order valence-corrected chi connectivity index (χ1v) is 9.41. The Morgan fingerprint density at radius 3 is 2.29 bits per heavy atom. The lowest BCUT2D eigenvalue weighted by Gasteiger charge is -2.26. The number of phenolic OH excluding ortho intramolecular Hbond substituents is 1. The van der Waals surface area contributed by atoms with Crippen LogP contribution in [-0.2, 0) is 9.59 Å². The number of benzene rings is 3. The molecule has 0 radical (unpaired) electrons. The van der Waals surface area contributed by atoms with E-state index in [9.17, 15) is 28.6 Å². The van der Waals surface area contributed by atoms with Crippen LogP contribution in [0.2, 0.25) is 0 Å². The summed E-state index contributed by atoms with van der Waals surface area (Å²) in [5.41, 5.74) is -0.0705. The lowest BCUT2D eigenvalue weighted by molar-refractivity contribution is -0.132. The van der Waals surface area contributed by atoms with Gasteiger partial charge in [-0.15, -0.1) is 0 Å². The molecule has 1 amide bonds. The average Bonchev–Trinajstić information content (AvgIpc) is 3.01. The Labute approximate surface area is 176 Å². The summed E-state index contributed by atoms with van der Waals surface area (Å²) < 4.78 is 28.5. The maximum Gasteiger partial charge on any atom is 0.300 e. The molecule has 7 heteroatoms. The third kappa shape index (κ3) is 3.34. The minimum atomic E-state index is -1.33. The number of rotatable bonds is 3. The zero-order chi connectivity index (χ0) is 22.3. The SMILES string of the molecule is Cc1cc(/C(O)=C2\C(=O)C(=O)N(c3ccccc3O)C2c2ccccc2F)ccc1F. The number of carbonyl (C=O) groups excluding carboxylic acids is 2. The van der Waals surface area contributed by atoms with Gasteiger partial charge in [0.05, 0.1) is 17.3 Å². The van der Waals surface area contributed by atoms with Gasteiger partial charge >= 0.3 is 0 Å². The average molecular weight is 421 g/mol. The van der Waals surface area contributed by atoms with E-state index in [4.69, 9.17) is 0 Å². The Morgan fingerprint density at radius 2 is 1.61 bits per heavy atom. The largest absolute Gasteiger partial charge is 0.507 e. The van der Waals surface area contributed by atoms with Crippen molar-refractivity contribution in [2.45, 2.75) is 13.0 Å². The first-order chi connectivity index (χ1) is 14.8. The van der Waals surface area contributed by atoms with Gasteiger partial charge in [0.2, 0.25) is 0 Å². The van der Waals surface area contributed by atoms with Crippen LogP contribution in [0.1, 0.15) is 22.7 Å². The number of aliphatic hydroxyl groups excluding tert-OH is 1. The van der Waals surface area contributed by atoms with Crippen LogP contribution in [0.4, 0.5) is 14.5 Å². The molecule has 1 saturated heterocycles. The van der Waals surface area contributed by atoms with Crippen molar-refractivity contribution >= 4 is 23.1 Å². The summed E-state index contributed by atoms with van der Waals surface area (Å²) in [5, 5.41) is 21.3. The van der Waals surface area contributed by atoms with E-state index in [-0.39, 0.29) is 33.7 Å². The van der Waals surface area contributed by atoms with Crippen LogP contribution in [-0.4, -0.2) is 21.9 Å². The van der Waals surface area contributed by atoms with E-state index in [2.05, 4.69) is 0 Å². The number of aliphatic hydroxyl groups is 1. The molecule has 1 aliphatic heterocycles. The molecule has 3 aromatic carbocycles. The van der Waals surface area contributed by atoms with Crippen LogP contribution in [0.15, 0.2) is 72.3 Å². The van der Waals surface area contributed by atoms with Crippen molar-refractivity contribution in [1.29, 1.82) is 0 Å². The minimum absolute atomic E-state index is 0.00723. The molecule has 1 unspecified atom stereocenters. The highest BCUT2D eigenvalue weighted by atomic mass is 19.1. The summed E-state index contributed by atoms with van der Waals surface area (Å²) in [5.74, 6) is -4.13. The molecule has 0 spiro atoms. The monoisotopic (exact) mass is 421 g/mol. The Morgan fingerprint density at radius 1 is 0.935 bits per heavy atom. The van der Waals surface area contributed by atoms with Gasteiger partial charge in [-0.1, -0.05) is 30.3 Å². The molecule has 0 bridgehead atoms. The van der Waals surface area contributed by atoms with E-state index in [1.165, 1.54) is 61.5 Å². The molecule has 0 saturated carbocycles. The molecular weight excluding hydrogens is 404 g/mol. The zero-order valence-corrected chi connectivity index (χ0v) is 16.3. The topological polar surface area (TPSA) is 77.8 Å². The molecule has 0 aliphatic carbocycles. The third-order valence-corrected chi connectivity index (χ3v) is 5.22. The highest BCUT2D eigenvalue weighted by Crippen LogP contribution is 2.45. The Hall–Kier alpha value is -4.00. The van der Waals surface area contributed by atoms with Crippen molar-refractivity contribution in [3.8, 4) is 5.75 Å². The minimum Gasteiger partial charge on any atom is -0.507 e. The molecule has 1 atom stereocenters. The molecule has 31 heavy (non-hydrogen) atoms. The summed E-state index contributed by atoms with van der Waals surface area (Å²) in [6.45, 7) is 1.49. The van der Waals surface area contributed by atoms with Crippen molar-refractivity contribution in [3.63, 3.8) is 0 Å². The number of Topliss-reactive ketones (excluding diaryl/α,β-unsaturated/α-hetero) is 1. The van der Waals surface area contributed by atoms with Crippen LogP contribution >= 0.6 is 0 Å². The summed E-state index contributed by atoms with van der Waals surface area (Å²) in [7, 11) is 0. The zero-order valence-electron chi connectivity index (χ0n) is 16.3. The fraction of sp³-hybridized carbons (Fsp3) is 0.0833. The van der Waals surface area contributed by atoms with Crippen molar-refractivity contribution in [1.82, 2.24) is 0 Å². The molecule has 1 heterocycles. The fourth-order valence-corrected chi connectivity index (χ4v) is 3.69. The van der Waals surface area contributed by atoms with Gasteiger partial charge in [-0.2, -0.15) is 0 Å². The second-order valence-electron chi connectivity index (χ2n) is 7.14. The molecule has 4 rings (SSSR count). The number of aromatic hydroxyl groups is 1. The van der Waals surface area contributed by atoms with Crippen molar-refractivity contribution in [3.05, 3.63) is 101 Å². The van der Waals surface area contributed by atoms with Crippen molar-refractivity contribution < 1.29 is 28.6 Å². The van der Waals surface area contributed by atoms with E-state index in [0.717, 1.165) is 11.0 Å². The number of phenols is 1. The van der Waals surface area contributed by atoms with Gasteiger partial charge in [0.1, 0.15) is 23.1 Å². The van der Waals surface area contributed by atoms with Gasteiger partial charge in [0, 0.05) is 11.1 Å². The van der Waals surface area contributed by atoms with E-state index in [1.54, 1.807) is 6.07 Å². The number of para-hydroxylation sites is 2. The van der Waals surface area contributed by atoms with E-state index >= 15 is 0 Å². The van der Waals surface area contributed by atoms with Gasteiger partial charge < -0.3 is 10.2 Å². The van der Waals surface area contributed by atoms with Gasteiger partial charge in [-0.25, -0.2) is 8.78 Å². The summed E-state index contributed by atoms with van der Waals surface area (Å²) in [4.78, 5) is 26.9.